The quantitative estimate of drug-likeness (QED) is 0.275. The first-order valence-electron chi connectivity index (χ1n) is 11.4. The summed E-state index contributed by atoms with van der Waals surface area (Å²) in [6.07, 6.45) is 3.44. The number of aromatic nitrogens is 4. The van der Waals surface area contributed by atoms with E-state index in [4.69, 9.17) is 10.7 Å². The van der Waals surface area contributed by atoms with Crippen LogP contribution in [0.15, 0.2) is 85.2 Å². The van der Waals surface area contributed by atoms with Crippen molar-refractivity contribution in [1.82, 2.24) is 25.3 Å². The van der Waals surface area contributed by atoms with E-state index in [9.17, 15) is 4.79 Å². The molecule has 3 aromatic heterocycles. The lowest BCUT2D eigenvalue weighted by atomic mass is 9.98. The molecule has 0 aliphatic heterocycles. The number of nitrogens with two attached hydrogens (primary N) is 1. The first-order valence-corrected chi connectivity index (χ1v) is 11.4. The minimum absolute atomic E-state index is 0.144. The number of carbonyl (C=O) groups excluding carboxylic acids is 1. The number of rotatable bonds is 3. The number of imidazole rings is 1. The van der Waals surface area contributed by atoms with Crippen LogP contribution in [0.25, 0.3) is 44.6 Å². The minimum atomic E-state index is -0.282. The van der Waals surface area contributed by atoms with Gasteiger partial charge in [0.2, 0.25) is 0 Å². The van der Waals surface area contributed by atoms with Crippen LogP contribution < -0.4 is 11.1 Å². The number of carbonyl (C=O) groups is 1. The highest BCUT2D eigenvalue weighted by Crippen LogP contribution is 2.47. The number of nitrogens with zero attached hydrogens (tertiary/aromatic N) is 2. The van der Waals surface area contributed by atoms with Crippen molar-refractivity contribution in [3.05, 3.63) is 102 Å². The van der Waals surface area contributed by atoms with Crippen molar-refractivity contribution >= 4 is 33.7 Å². The van der Waals surface area contributed by atoms with Gasteiger partial charge in [-0.2, -0.15) is 0 Å². The van der Waals surface area contributed by atoms with Gasteiger partial charge in [-0.3, -0.25) is 4.79 Å². The number of fused-ring (bicyclic) bond motifs is 5. The number of hydrogen-bond acceptors (Lipinski definition) is 4. The number of benzene rings is 3. The van der Waals surface area contributed by atoms with Crippen LogP contribution in [-0.2, 0) is 0 Å². The summed E-state index contributed by atoms with van der Waals surface area (Å²) in [5, 5.41) is 4.07. The highest BCUT2D eigenvalue weighted by atomic mass is 16.1. The lowest BCUT2D eigenvalue weighted by Crippen LogP contribution is -2.28. The Morgan fingerprint density at radius 1 is 0.943 bits per heavy atom. The molecule has 0 unspecified atom stereocenters. The largest absolute Gasteiger partial charge is 0.399 e. The Morgan fingerprint density at radius 2 is 1.80 bits per heavy atom. The van der Waals surface area contributed by atoms with Crippen molar-refractivity contribution < 1.29 is 4.79 Å². The van der Waals surface area contributed by atoms with Gasteiger partial charge in [-0.05, 0) is 52.6 Å². The van der Waals surface area contributed by atoms with E-state index < -0.39 is 0 Å². The summed E-state index contributed by atoms with van der Waals surface area (Å²) in [4.78, 5) is 29.1. The zero-order valence-corrected chi connectivity index (χ0v) is 18.5. The third kappa shape index (κ3) is 2.95. The van der Waals surface area contributed by atoms with Crippen LogP contribution in [0.2, 0.25) is 0 Å². The van der Waals surface area contributed by atoms with Crippen molar-refractivity contribution in [2.45, 2.75) is 6.04 Å². The van der Waals surface area contributed by atoms with Gasteiger partial charge < -0.3 is 21.0 Å². The maximum atomic E-state index is 13.5. The number of anilines is 1. The molecule has 0 spiro atoms. The molecule has 3 aromatic carbocycles. The third-order valence-electron chi connectivity index (χ3n) is 6.69. The summed E-state index contributed by atoms with van der Waals surface area (Å²) in [6, 6.07) is 23.4. The molecule has 7 nitrogen and oxygen atoms in total. The fraction of sp³-hybridized carbons (Fsp3) is 0.0357. The number of hydrogen-bond donors (Lipinski definition) is 4. The van der Waals surface area contributed by atoms with Crippen molar-refractivity contribution in [1.29, 1.82) is 0 Å². The van der Waals surface area contributed by atoms with Crippen molar-refractivity contribution in [2.75, 3.05) is 5.73 Å². The number of H-pyrrole nitrogens is 2. The van der Waals surface area contributed by atoms with E-state index >= 15 is 0 Å². The van der Waals surface area contributed by atoms with Crippen LogP contribution in [0.4, 0.5) is 5.69 Å². The van der Waals surface area contributed by atoms with Crippen LogP contribution >= 0.6 is 0 Å². The van der Waals surface area contributed by atoms with Gasteiger partial charge in [0.1, 0.15) is 11.5 Å². The normalized spacial score (nSPS) is 14.2. The zero-order valence-electron chi connectivity index (χ0n) is 18.5. The fourth-order valence-corrected chi connectivity index (χ4v) is 5.13. The Bertz CT molecular complexity index is 1780. The predicted octanol–water partition coefficient (Wildman–Crippen LogP) is 5.19. The van der Waals surface area contributed by atoms with Gasteiger partial charge in [-0.15, -0.1) is 0 Å². The molecule has 0 bridgehead atoms. The molecule has 3 heterocycles. The first-order chi connectivity index (χ1) is 17.2. The molecular weight excluding hydrogens is 436 g/mol. The van der Waals surface area contributed by atoms with Gasteiger partial charge in [-0.25, -0.2) is 9.97 Å². The Hall–Kier alpha value is -4.91. The highest BCUT2D eigenvalue weighted by Gasteiger charge is 2.32. The van der Waals surface area contributed by atoms with Crippen LogP contribution in [0, 0.1) is 0 Å². The van der Waals surface area contributed by atoms with Crippen molar-refractivity contribution in [3.8, 4) is 22.5 Å². The zero-order chi connectivity index (χ0) is 23.5. The topological polar surface area (TPSA) is 112 Å². The number of nitrogens with one attached hydrogen (secondary N) is 3. The molecule has 0 fully saturated rings. The number of nitrogen functional groups attached to an aromatic ring is 1. The van der Waals surface area contributed by atoms with E-state index in [0.29, 0.717) is 16.9 Å². The molecule has 35 heavy (non-hydrogen) atoms. The van der Waals surface area contributed by atoms with E-state index in [2.05, 4.69) is 44.5 Å². The van der Waals surface area contributed by atoms with Gasteiger partial charge in [-0.1, -0.05) is 42.5 Å². The monoisotopic (exact) mass is 456 g/mol. The Kier molecular flexibility index (Phi) is 4.08. The standard InChI is InChI=1S/C28H20N6O/c29-15-8-9-22-23(14-15)33-27(32-22)21-7-3-6-20-24(21)16-4-1-2-5-17(16)25(20)34-28(35)19-11-13-31-26-18(19)10-12-30-26/h1-14,25H,29H2,(H,30,31)(H,32,33)(H,34,35)/t25-/m1/s1. The molecule has 0 saturated heterocycles. The lowest BCUT2D eigenvalue weighted by molar-refractivity contribution is 0.0945. The number of pyridine rings is 1. The second-order valence-corrected chi connectivity index (χ2v) is 8.72. The summed E-state index contributed by atoms with van der Waals surface area (Å²) in [7, 11) is 0. The van der Waals surface area contributed by atoms with Gasteiger partial charge in [0.25, 0.3) is 5.91 Å². The highest BCUT2D eigenvalue weighted by molar-refractivity contribution is 6.06. The van der Waals surface area contributed by atoms with E-state index in [-0.39, 0.29) is 11.9 Å². The first kappa shape index (κ1) is 19.5. The van der Waals surface area contributed by atoms with Gasteiger partial charge in [0, 0.05) is 29.0 Å². The van der Waals surface area contributed by atoms with Gasteiger partial charge >= 0.3 is 0 Å². The van der Waals surface area contributed by atoms with E-state index in [1.165, 1.54) is 0 Å². The van der Waals surface area contributed by atoms with E-state index in [0.717, 1.165) is 50.1 Å². The van der Waals surface area contributed by atoms with Crippen LogP contribution in [0.5, 0.6) is 0 Å². The summed E-state index contributed by atoms with van der Waals surface area (Å²) in [6.45, 7) is 0. The maximum absolute atomic E-state index is 13.5. The summed E-state index contributed by atoms with van der Waals surface area (Å²) in [5.74, 6) is 0.627. The van der Waals surface area contributed by atoms with Crippen LogP contribution in [0.3, 0.4) is 0 Å². The fourth-order valence-electron chi connectivity index (χ4n) is 5.13. The third-order valence-corrected chi connectivity index (χ3v) is 6.69. The molecule has 1 amide bonds. The maximum Gasteiger partial charge on any atom is 0.252 e. The van der Waals surface area contributed by atoms with Crippen molar-refractivity contribution in [2.24, 2.45) is 0 Å². The number of amides is 1. The summed E-state index contributed by atoms with van der Waals surface area (Å²) in [5.41, 5.74) is 14.9. The second-order valence-electron chi connectivity index (χ2n) is 8.72. The molecule has 1 atom stereocenters. The number of aromatic amines is 2. The molecule has 7 rings (SSSR count). The molecule has 6 aromatic rings. The van der Waals surface area contributed by atoms with Gasteiger partial charge in [0.15, 0.2) is 0 Å². The molecule has 7 heteroatoms. The average Bonchev–Trinajstić information content (AvgIpc) is 3.60. The minimum Gasteiger partial charge on any atom is -0.399 e. The Morgan fingerprint density at radius 3 is 2.74 bits per heavy atom. The van der Waals surface area contributed by atoms with Crippen molar-refractivity contribution in [3.63, 3.8) is 0 Å². The predicted molar refractivity (Wildman–Crippen MR) is 137 cm³/mol. The molecule has 1 aliphatic carbocycles. The molecule has 1 aliphatic rings. The van der Waals surface area contributed by atoms with E-state index in [1.807, 2.05) is 42.5 Å². The van der Waals surface area contributed by atoms with Crippen LogP contribution in [-0.4, -0.2) is 25.8 Å². The van der Waals surface area contributed by atoms with E-state index in [1.54, 1.807) is 18.5 Å². The molecule has 5 N–H and O–H groups in total. The van der Waals surface area contributed by atoms with Gasteiger partial charge in [0.05, 0.1) is 22.6 Å². The summed E-state index contributed by atoms with van der Waals surface area (Å²) < 4.78 is 0. The smallest absolute Gasteiger partial charge is 0.252 e. The second kappa shape index (κ2) is 7.30. The SMILES string of the molecule is Nc1ccc2nc(-c3cccc4c3-c3ccccc3[C@H]4NC(=O)c3ccnc4[nH]ccc34)[nH]c2c1. The summed E-state index contributed by atoms with van der Waals surface area (Å²) >= 11 is 0. The molecular formula is C28H20N6O. The molecule has 0 saturated carbocycles. The molecule has 168 valence electrons. The Balaban J connectivity index is 1.36. The Labute approximate surface area is 200 Å². The van der Waals surface area contributed by atoms with Crippen LogP contribution in [0.1, 0.15) is 27.5 Å². The molecule has 0 radical (unpaired) electrons. The average molecular weight is 457 g/mol. The lowest BCUT2D eigenvalue weighted by Gasteiger charge is -2.16.